The van der Waals surface area contributed by atoms with Gasteiger partial charge in [0.15, 0.2) is 0 Å². The Hall–Kier alpha value is -0.380. The Morgan fingerprint density at radius 1 is 1.09 bits per heavy atom. The van der Waals surface area contributed by atoms with E-state index in [1.807, 2.05) is 6.92 Å². The Morgan fingerprint density at radius 3 is 2.61 bits per heavy atom. The molecule has 0 aromatic carbocycles. The van der Waals surface area contributed by atoms with Crippen molar-refractivity contribution in [1.29, 1.82) is 0 Å². The number of rotatable bonds is 1. The minimum Gasteiger partial charge on any atom is -0.393 e. The Balaban J connectivity index is 1.73. The van der Waals surface area contributed by atoms with Gasteiger partial charge in [-0.2, -0.15) is 0 Å². The van der Waals surface area contributed by atoms with Gasteiger partial charge in [-0.1, -0.05) is 18.6 Å². The highest BCUT2D eigenvalue weighted by molar-refractivity contribution is 5.28. The van der Waals surface area contributed by atoms with Gasteiger partial charge in [-0.05, 0) is 81.5 Å². The van der Waals surface area contributed by atoms with Crippen LogP contribution in [0.3, 0.4) is 0 Å². The molecule has 23 heavy (non-hydrogen) atoms. The van der Waals surface area contributed by atoms with Crippen LogP contribution < -0.4 is 0 Å². The van der Waals surface area contributed by atoms with Gasteiger partial charge in [-0.25, -0.2) is 0 Å². The zero-order valence-corrected chi connectivity index (χ0v) is 14.5. The molecule has 0 heterocycles. The molecule has 0 aromatic heterocycles. The van der Waals surface area contributed by atoms with E-state index in [0.29, 0.717) is 17.8 Å². The van der Waals surface area contributed by atoms with E-state index in [4.69, 9.17) is 0 Å². The van der Waals surface area contributed by atoms with Crippen LogP contribution >= 0.6 is 0 Å². The molecule has 3 heteroatoms. The number of allylic oxidation sites excluding steroid dienone is 1. The van der Waals surface area contributed by atoms with Gasteiger partial charge >= 0.3 is 0 Å². The number of fused-ring (bicyclic) bond motifs is 5. The zero-order valence-electron chi connectivity index (χ0n) is 14.5. The lowest BCUT2D eigenvalue weighted by Gasteiger charge is -2.59. The second kappa shape index (κ2) is 5.31. The van der Waals surface area contributed by atoms with Crippen LogP contribution in [-0.4, -0.2) is 33.6 Å². The van der Waals surface area contributed by atoms with Crippen LogP contribution in [0.5, 0.6) is 0 Å². The van der Waals surface area contributed by atoms with E-state index >= 15 is 0 Å². The lowest BCUT2D eigenvalue weighted by Crippen LogP contribution is -2.55. The molecule has 0 aromatic rings. The van der Waals surface area contributed by atoms with Crippen LogP contribution in [0.4, 0.5) is 0 Å². The molecule has 8 atom stereocenters. The van der Waals surface area contributed by atoms with Crippen LogP contribution in [0, 0.1) is 28.6 Å². The summed E-state index contributed by atoms with van der Waals surface area (Å²) in [6, 6.07) is 0. The summed E-state index contributed by atoms with van der Waals surface area (Å²) in [6.45, 7) is 4.26. The van der Waals surface area contributed by atoms with Crippen molar-refractivity contribution in [1.82, 2.24) is 0 Å². The predicted octanol–water partition coefficient (Wildman–Crippen LogP) is 3.03. The van der Waals surface area contributed by atoms with Crippen LogP contribution in [0.15, 0.2) is 11.6 Å². The maximum Gasteiger partial charge on any atom is 0.0608 e. The van der Waals surface area contributed by atoms with E-state index in [-0.39, 0.29) is 29.1 Å². The number of aliphatic hydroxyl groups excluding tert-OH is 3. The summed E-state index contributed by atoms with van der Waals surface area (Å²) in [4.78, 5) is 0. The molecule has 4 aliphatic carbocycles. The highest BCUT2D eigenvalue weighted by Crippen LogP contribution is 2.65. The Kier molecular flexibility index (Phi) is 3.72. The largest absolute Gasteiger partial charge is 0.393 e. The third kappa shape index (κ3) is 2.06. The molecule has 0 aliphatic heterocycles. The smallest absolute Gasteiger partial charge is 0.0608 e. The third-order valence-electron chi connectivity index (χ3n) is 8.38. The van der Waals surface area contributed by atoms with Gasteiger partial charge in [0.1, 0.15) is 0 Å². The maximum atomic E-state index is 10.8. The van der Waals surface area contributed by atoms with Gasteiger partial charge in [-0.3, -0.25) is 0 Å². The van der Waals surface area contributed by atoms with Crippen molar-refractivity contribution in [2.75, 3.05) is 0 Å². The average molecular weight is 320 g/mol. The molecule has 3 nitrogen and oxygen atoms in total. The number of aliphatic hydroxyl groups is 3. The van der Waals surface area contributed by atoms with Crippen molar-refractivity contribution in [3.63, 3.8) is 0 Å². The number of hydrogen-bond acceptors (Lipinski definition) is 3. The lowest BCUT2D eigenvalue weighted by atomic mass is 9.46. The van der Waals surface area contributed by atoms with Crippen LogP contribution in [0.25, 0.3) is 0 Å². The van der Waals surface area contributed by atoms with Gasteiger partial charge in [0.25, 0.3) is 0 Å². The predicted molar refractivity (Wildman–Crippen MR) is 89.7 cm³/mol. The SMILES string of the molecule is CC(O)[C@]12CC[C@H](O)CC1=CC[C@H]1[C@@H]3CC[C@H](O)[C@@]3(C)CC[C@@H]12. The van der Waals surface area contributed by atoms with Crippen LogP contribution in [0.2, 0.25) is 0 Å². The highest BCUT2D eigenvalue weighted by atomic mass is 16.3. The molecule has 3 N–H and O–H groups in total. The van der Waals surface area contributed by atoms with Gasteiger partial charge in [-0.15, -0.1) is 0 Å². The van der Waals surface area contributed by atoms with Crippen LogP contribution in [0.1, 0.15) is 65.2 Å². The topological polar surface area (TPSA) is 60.7 Å². The minimum atomic E-state index is -0.343. The van der Waals surface area contributed by atoms with Crippen molar-refractivity contribution in [2.45, 2.75) is 83.5 Å². The fourth-order valence-electron chi connectivity index (χ4n) is 7.10. The number of hydrogen-bond donors (Lipinski definition) is 3. The standard InChI is InChI=1S/C20H32O3/c1-12(21)20-10-7-14(22)11-13(20)3-4-15-16-5-6-18(23)19(16,2)9-8-17(15)20/h3,12,14-18,21-23H,4-11H2,1-2H3/t12?,14-,15-,16-,17-,18-,19-,20+/m0/s1. The first-order valence-corrected chi connectivity index (χ1v) is 9.63. The second-order valence-corrected chi connectivity index (χ2v) is 9.09. The first-order chi connectivity index (χ1) is 10.9. The van der Waals surface area contributed by atoms with E-state index in [9.17, 15) is 15.3 Å². The Bertz CT molecular complexity index is 513. The molecule has 4 rings (SSSR count). The van der Waals surface area contributed by atoms with Gasteiger partial charge in [0.2, 0.25) is 0 Å². The molecule has 3 saturated carbocycles. The van der Waals surface area contributed by atoms with E-state index in [2.05, 4.69) is 13.0 Å². The second-order valence-electron chi connectivity index (χ2n) is 9.09. The fraction of sp³-hybridized carbons (Fsp3) is 0.900. The molecule has 0 amide bonds. The average Bonchev–Trinajstić information content (AvgIpc) is 2.82. The van der Waals surface area contributed by atoms with E-state index < -0.39 is 0 Å². The monoisotopic (exact) mass is 320 g/mol. The molecule has 0 bridgehead atoms. The van der Waals surface area contributed by atoms with Crippen molar-refractivity contribution >= 4 is 0 Å². The fourth-order valence-corrected chi connectivity index (χ4v) is 7.10. The normalized spacial score (nSPS) is 53.8. The van der Waals surface area contributed by atoms with E-state index in [1.165, 1.54) is 5.57 Å². The molecule has 3 fully saturated rings. The molecular formula is C20H32O3. The summed E-state index contributed by atoms with van der Waals surface area (Å²) in [5, 5.41) is 31.4. The molecular weight excluding hydrogens is 288 g/mol. The summed E-state index contributed by atoms with van der Waals surface area (Å²) in [5.74, 6) is 1.72. The Labute approximate surface area is 139 Å². The molecule has 4 aliphatic rings. The third-order valence-corrected chi connectivity index (χ3v) is 8.38. The van der Waals surface area contributed by atoms with Crippen molar-refractivity contribution in [3.8, 4) is 0 Å². The molecule has 1 unspecified atom stereocenters. The molecule has 0 spiro atoms. The summed E-state index contributed by atoms with van der Waals surface area (Å²) >= 11 is 0. The molecule has 0 saturated heterocycles. The highest BCUT2D eigenvalue weighted by Gasteiger charge is 2.60. The molecule has 130 valence electrons. The Morgan fingerprint density at radius 2 is 1.87 bits per heavy atom. The van der Waals surface area contributed by atoms with Crippen molar-refractivity contribution in [2.24, 2.45) is 28.6 Å². The first kappa shape index (κ1) is 16.1. The summed E-state index contributed by atoms with van der Waals surface area (Å²) in [7, 11) is 0. The maximum absolute atomic E-state index is 10.8. The summed E-state index contributed by atoms with van der Waals surface area (Å²) < 4.78 is 0. The lowest BCUT2D eigenvalue weighted by molar-refractivity contribution is -0.109. The van der Waals surface area contributed by atoms with E-state index in [0.717, 1.165) is 51.4 Å². The quantitative estimate of drug-likeness (QED) is 0.651. The zero-order chi connectivity index (χ0) is 16.4. The molecule has 0 radical (unpaired) electrons. The van der Waals surface area contributed by atoms with E-state index in [1.54, 1.807) is 0 Å². The van der Waals surface area contributed by atoms with Crippen molar-refractivity contribution < 1.29 is 15.3 Å². The van der Waals surface area contributed by atoms with Gasteiger partial charge in [0, 0.05) is 5.41 Å². The summed E-state index contributed by atoms with van der Waals surface area (Å²) in [5.41, 5.74) is 1.30. The minimum absolute atomic E-state index is 0.0839. The van der Waals surface area contributed by atoms with Gasteiger partial charge < -0.3 is 15.3 Å². The summed E-state index contributed by atoms with van der Waals surface area (Å²) in [6.07, 6.45) is 9.49. The van der Waals surface area contributed by atoms with Crippen LogP contribution in [-0.2, 0) is 0 Å². The van der Waals surface area contributed by atoms with Crippen molar-refractivity contribution in [3.05, 3.63) is 11.6 Å². The van der Waals surface area contributed by atoms with Gasteiger partial charge in [0.05, 0.1) is 18.3 Å². The first-order valence-electron chi connectivity index (χ1n) is 9.63.